The zero-order chi connectivity index (χ0) is 10.1. The molecule has 4 saturated carbocycles. The van der Waals surface area contributed by atoms with Gasteiger partial charge in [0.15, 0.2) is 0 Å². The Morgan fingerprint density at radius 2 is 1.80 bits per heavy atom. The number of hydrogen-bond acceptors (Lipinski definition) is 1. The normalized spacial score (nSPS) is 61.0. The maximum atomic E-state index is 5.68. The zero-order valence-corrected chi connectivity index (χ0v) is 9.80. The highest BCUT2D eigenvalue weighted by atomic mass is 16.6. The van der Waals surface area contributed by atoms with E-state index in [2.05, 4.69) is 6.92 Å². The van der Waals surface area contributed by atoms with Gasteiger partial charge in [0.05, 0.1) is 12.7 Å². The van der Waals surface area contributed by atoms with Crippen LogP contribution in [0.25, 0.3) is 0 Å². The van der Waals surface area contributed by atoms with Crippen LogP contribution < -0.4 is 0 Å². The fourth-order valence-corrected chi connectivity index (χ4v) is 5.72. The van der Waals surface area contributed by atoms with Gasteiger partial charge in [-0.1, -0.05) is 13.3 Å². The van der Waals surface area contributed by atoms with Gasteiger partial charge in [0.1, 0.15) is 0 Å². The largest absolute Gasteiger partial charge is 0.373 e. The van der Waals surface area contributed by atoms with Crippen molar-refractivity contribution in [1.82, 2.24) is 0 Å². The summed E-state index contributed by atoms with van der Waals surface area (Å²) < 4.78 is 5.68. The summed E-state index contributed by atoms with van der Waals surface area (Å²) in [7, 11) is 0. The summed E-state index contributed by atoms with van der Waals surface area (Å²) in [6.45, 7) is 3.51. The molecule has 3 atom stereocenters. The zero-order valence-electron chi connectivity index (χ0n) is 9.80. The molecule has 5 fully saturated rings. The van der Waals surface area contributed by atoms with E-state index in [9.17, 15) is 0 Å². The molecule has 15 heavy (non-hydrogen) atoms. The van der Waals surface area contributed by atoms with E-state index >= 15 is 0 Å². The molecule has 84 valence electrons. The third kappa shape index (κ3) is 1.13. The van der Waals surface area contributed by atoms with Crippen molar-refractivity contribution in [2.45, 2.75) is 58.0 Å². The van der Waals surface area contributed by atoms with Crippen LogP contribution >= 0.6 is 0 Å². The van der Waals surface area contributed by atoms with Gasteiger partial charge in [-0.3, -0.25) is 0 Å². The lowest BCUT2D eigenvalue weighted by Crippen LogP contribution is -2.53. The molecule has 1 heterocycles. The van der Waals surface area contributed by atoms with Gasteiger partial charge in [-0.05, 0) is 61.2 Å². The van der Waals surface area contributed by atoms with Crippen LogP contribution in [0.15, 0.2) is 0 Å². The quantitative estimate of drug-likeness (QED) is 0.631. The van der Waals surface area contributed by atoms with Gasteiger partial charge < -0.3 is 4.74 Å². The van der Waals surface area contributed by atoms with Crippen molar-refractivity contribution in [2.75, 3.05) is 6.61 Å². The lowest BCUT2D eigenvalue weighted by atomic mass is 9.43. The Bertz CT molecular complexity index is 278. The number of hydrogen-bond donors (Lipinski definition) is 0. The smallest absolute Gasteiger partial charge is 0.0866 e. The molecule has 0 N–H and O–H groups in total. The molecule has 0 radical (unpaired) electrons. The topological polar surface area (TPSA) is 12.5 Å². The molecular weight excluding hydrogens is 184 g/mol. The number of ether oxygens (including phenoxy) is 1. The molecular formula is C14H22O. The molecule has 5 aliphatic rings. The van der Waals surface area contributed by atoms with Crippen LogP contribution in [0.1, 0.15) is 51.9 Å². The second-order valence-corrected chi connectivity index (χ2v) is 7.00. The average molecular weight is 206 g/mol. The summed E-state index contributed by atoms with van der Waals surface area (Å²) in [5.74, 6) is 2.13. The second kappa shape index (κ2) is 2.61. The van der Waals surface area contributed by atoms with Crippen LogP contribution in [-0.4, -0.2) is 12.7 Å². The molecule has 1 heteroatoms. The van der Waals surface area contributed by atoms with Crippen LogP contribution in [0.3, 0.4) is 0 Å². The minimum absolute atomic E-state index is 0.653. The maximum absolute atomic E-state index is 5.68. The van der Waals surface area contributed by atoms with Crippen molar-refractivity contribution >= 4 is 0 Å². The predicted molar refractivity (Wildman–Crippen MR) is 59.6 cm³/mol. The van der Waals surface area contributed by atoms with Gasteiger partial charge >= 0.3 is 0 Å². The highest BCUT2D eigenvalue weighted by Gasteiger charge is 2.61. The molecule has 0 aromatic heterocycles. The van der Waals surface area contributed by atoms with E-state index in [0.717, 1.165) is 23.9 Å². The van der Waals surface area contributed by atoms with Crippen LogP contribution in [0.4, 0.5) is 0 Å². The van der Waals surface area contributed by atoms with Crippen LogP contribution in [-0.2, 0) is 4.74 Å². The number of epoxide rings is 1. The van der Waals surface area contributed by atoms with Crippen molar-refractivity contribution in [3.8, 4) is 0 Å². The molecule has 5 rings (SSSR count). The number of rotatable bonds is 2. The van der Waals surface area contributed by atoms with E-state index in [1.165, 1.54) is 25.7 Å². The molecule has 0 aromatic rings. The lowest BCUT2D eigenvalue weighted by molar-refractivity contribution is -0.122. The Kier molecular flexibility index (Phi) is 1.57. The summed E-state index contributed by atoms with van der Waals surface area (Å²) >= 11 is 0. The molecule has 0 spiro atoms. The van der Waals surface area contributed by atoms with Crippen molar-refractivity contribution in [1.29, 1.82) is 0 Å². The van der Waals surface area contributed by atoms with Gasteiger partial charge in [-0.2, -0.15) is 0 Å². The Balaban J connectivity index is 1.73. The SMILES string of the molecule is CCC12CC3CC(C1)CC(C1CO1)(C3)C2. The Hall–Kier alpha value is -0.0400. The van der Waals surface area contributed by atoms with Crippen LogP contribution in [0.2, 0.25) is 0 Å². The van der Waals surface area contributed by atoms with Crippen LogP contribution in [0, 0.1) is 22.7 Å². The van der Waals surface area contributed by atoms with E-state index in [1.54, 1.807) is 19.3 Å². The van der Waals surface area contributed by atoms with Gasteiger partial charge in [0.25, 0.3) is 0 Å². The predicted octanol–water partition coefficient (Wildman–Crippen LogP) is 3.38. The first kappa shape index (κ1) is 9.04. The standard InChI is InChI=1S/C14H22O/c1-2-13-4-10-3-11(5-13)7-14(6-10,9-13)12-8-15-12/h10-12H,2-9H2,1H3. The summed E-state index contributed by atoms with van der Waals surface area (Å²) in [6.07, 6.45) is 11.3. The molecule has 1 nitrogen and oxygen atoms in total. The summed E-state index contributed by atoms with van der Waals surface area (Å²) in [4.78, 5) is 0. The molecule has 1 saturated heterocycles. The highest BCUT2D eigenvalue weighted by molar-refractivity contribution is 5.11. The fourth-order valence-electron chi connectivity index (χ4n) is 5.72. The van der Waals surface area contributed by atoms with Crippen LogP contribution in [0.5, 0.6) is 0 Å². The van der Waals surface area contributed by atoms with Gasteiger partial charge in [0, 0.05) is 0 Å². The summed E-state index contributed by atoms with van der Waals surface area (Å²) in [6, 6.07) is 0. The lowest BCUT2D eigenvalue weighted by Gasteiger charge is -2.62. The first-order valence-electron chi connectivity index (χ1n) is 6.85. The Morgan fingerprint density at radius 1 is 1.13 bits per heavy atom. The van der Waals surface area contributed by atoms with Gasteiger partial charge in [-0.25, -0.2) is 0 Å². The molecule has 4 bridgehead atoms. The minimum atomic E-state index is 0.653. The maximum Gasteiger partial charge on any atom is 0.0866 e. The van der Waals surface area contributed by atoms with Crippen molar-refractivity contribution in [2.24, 2.45) is 22.7 Å². The first-order valence-corrected chi connectivity index (χ1v) is 6.85. The van der Waals surface area contributed by atoms with E-state index < -0.39 is 0 Å². The molecule has 0 aromatic carbocycles. The Morgan fingerprint density at radius 3 is 2.33 bits per heavy atom. The molecule has 4 aliphatic carbocycles. The van der Waals surface area contributed by atoms with E-state index in [0.29, 0.717) is 11.5 Å². The Labute approximate surface area is 92.6 Å². The van der Waals surface area contributed by atoms with Gasteiger partial charge in [0.2, 0.25) is 0 Å². The third-order valence-corrected chi connectivity index (χ3v) is 5.99. The minimum Gasteiger partial charge on any atom is -0.373 e. The molecule has 0 amide bonds. The van der Waals surface area contributed by atoms with Crippen molar-refractivity contribution in [3.05, 3.63) is 0 Å². The summed E-state index contributed by atoms with van der Waals surface area (Å²) in [5.41, 5.74) is 1.40. The van der Waals surface area contributed by atoms with E-state index in [1.807, 2.05) is 0 Å². The van der Waals surface area contributed by atoms with Crippen molar-refractivity contribution < 1.29 is 4.74 Å². The van der Waals surface area contributed by atoms with Crippen molar-refractivity contribution in [3.63, 3.8) is 0 Å². The highest BCUT2D eigenvalue weighted by Crippen LogP contribution is 2.68. The van der Waals surface area contributed by atoms with E-state index in [-0.39, 0.29) is 0 Å². The fraction of sp³-hybridized carbons (Fsp3) is 1.00. The monoisotopic (exact) mass is 206 g/mol. The first-order chi connectivity index (χ1) is 7.24. The molecule has 3 unspecified atom stereocenters. The van der Waals surface area contributed by atoms with E-state index in [4.69, 9.17) is 4.74 Å². The molecule has 1 aliphatic heterocycles. The second-order valence-electron chi connectivity index (χ2n) is 7.00. The third-order valence-electron chi connectivity index (χ3n) is 5.99. The average Bonchev–Trinajstić information content (AvgIpc) is 2.98. The summed E-state index contributed by atoms with van der Waals surface area (Å²) in [5, 5.41) is 0. The van der Waals surface area contributed by atoms with Gasteiger partial charge in [-0.15, -0.1) is 0 Å².